The molecular weight excluding hydrogens is 542 g/mol. The standard InChI is InChI=1S/C33H39N7O3/c1-4-30(41)40-19-18-39(20-24(40)13-15-34)32-26-14-17-38(28-11-5-8-23-9-6-12-29(42-3)31(23)28)21-27(26)35-33(36-32)43-22-25-10-7-16-37(25)2/h4-6,8-9,11-12,24-25H,1,7,10,13-14,16-22H2,2-3H3/t24-,25-/m0/s1. The first-order valence-corrected chi connectivity index (χ1v) is 15.1. The third-order valence-electron chi connectivity index (χ3n) is 9.07. The van der Waals surface area contributed by atoms with Gasteiger partial charge in [0.2, 0.25) is 5.91 Å². The van der Waals surface area contributed by atoms with Crippen LogP contribution < -0.4 is 19.3 Å². The summed E-state index contributed by atoms with van der Waals surface area (Å²) >= 11 is 0. The van der Waals surface area contributed by atoms with E-state index in [1.54, 1.807) is 12.0 Å². The number of fused-ring (bicyclic) bond motifs is 2. The molecule has 0 unspecified atom stereocenters. The van der Waals surface area contributed by atoms with Crippen LogP contribution in [-0.2, 0) is 17.8 Å². The quantitative estimate of drug-likeness (QED) is 0.368. The van der Waals surface area contributed by atoms with Gasteiger partial charge in [-0.2, -0.15) is 15.2 Å². The number of nitriles is 1. The number of piperazine rings is 1. The molecule has 2 aromatic carbocycles. The highest BCUT2D eigenvalue weighted by atomic mass is 16.5. The Hall–Kier alpha value is -4.36. The minimum absolute atomic E-state index is 0.143. The van der Waals surface area contributed by atoms with Crippen LogP contribution in [0, 0.1) is 11.3 Å². The van der Waals surface area contributed by atoms with Crippen molar-refractivity contribution in [3.63, 3.8) is 0 Å². The SMILES string of the molecule is C=CC(=O)N1CCN(c2nc(OC[C@@H]3CCCN3C)nc3c2CCN(c2cccc4cccc(OC)c24)C3)C[C@@H]1CC#N. The first-order chi connectivity index (χ1) is 21.0. The summed E-state index contributed by atoms with van der Waals surface area (Å²) in [6, 6.07) is 15.2. The van der Waals surface area contributed by atoms with E-state index in [0.717, 1.165) is 71.6 Å². The van der Waals surface area contributed by atoms with Gasteiger partial charge in [0.05, 0.1) is 37.9 Å². The summed E-state index contributed by atoms with van der Waals surface area (Å²) in [6.07, 6.45) is 4.60. The largest absolute Gasteiger partial charge is 0.496 e. The summed E-state index contributed by atoms with van der Waals surface area (Å²) in [5, 5.41) is 11.8. The molecule has 2 fully saturated rings. The van der Waals surface area contributed by atoms with E-state index in [4.69, 9.17) is 19.4 Å². The summed E-state index contributed by atoms with van der Waals surface area (Å²) in [5.74, 6) is 1.56. The number of rotatable bonds is 8. The molecule has 10 nitrogen and oxygen atoms in total. The number of hydrogen-bond donors (Lipinski definition) is 0. The Bertz CT molecular complexity index is 1550. The zero-order valence-corrected chi connectivity index (χ0v) is 25.0. The van der Waals surface area contributed by atoms with E-state index in [9.17, 15) is 10.1 Å². The Balaban J connectivity index is 1.35. The fourth-order valence-electron chi connectivity index (χ4n) is 6.74. The van der Waals surface area contributed by atoms with E-state index < -0.39 is 0 Å². The number of methoxy groups -OCH3 is 1. The lowest BCUT2D eigenvalue weighted by molar-refractivity contribution is -0.128. The van der Waals surface area contributed by atoms with Gasteiger partial charge in [0, 0.05) is 48.9 Å². The third-order valence-corrected chi connectivity index (χ3v) is 9.07. The molecule has 0 saturated carbocycles. The second-order valence-electron chi connectivity index (χ2n) is 11.5. The van der Waals surface area contributed by atoms with Crippen LogP contribution in [0.15, 0.2) is 49.1 Å². The molecule has 0 N–H and O–H groups in total. The molecule has 2 atom stereocenters. The predicted octanol–water partition coefficient (Wildman–Crippen LogP) is 3.79. The van der Waals surface area contributed by atoms with Gasteiger partial charge in [-0.15, -0.1) is 0 Å². The van der Waals surface area contributed by atoms with E-state index in [0.29, 0.717) is 44.8 Å². The lowest BCUT2D eigenvalue weighted by atomic mass is 10.0. The number of ether oxygens (including phenoxy) is 2. The monoisotopic (exact) mass is 581 g/mol. The number of hydrogen-bond acceptors (Lipinski definition) is 9. The van der Waals surface area contributed by atoms with Gasteiger partial charge in [-0.25, -0.2) is 0 Å². The normalized spacial score (nSPS) is 20.5. The first-order valence-electron chi connectivity index (χ1n) is 15.1. The Morgan fingerprint density at radius 1 is 1.12 bits per heavy atom. The summed E-state index contributed by atoms with van der Waals surface area (Å²) in [7, 11) is 3.85. The van der Waals surface area contributed by atoms with E-state index >= 15 is 0 Å². The van der Waals surface area contributed by atoms with Crippen LogP contribution in [0.1, 0.15) is 30.5 Å². The van der Waals surface area contributed by atoms with Crippen LogP contribution >= 0.6 is 0 Å². The molecule has 4 heterocycles. The topological polar surface area (TPSA) is 98.1 Å². The Kier molecular flexibility index (Phi) is 8.34. The molecule has 0 radical (unpaired) electrons. The minimum Gasteiger partial charge on any atom is -0.496 e. The number of anilines is 2. The smallest absolute Gasteiger partial charge is 0.318 e. The van der Waals surface area contributed by atoms with Gasteiger partial charge in [-0.1, -0.05) is 30.8 Å². The summed E-state index contributed by atoms with van der Waals surface area (Å²) < 4.78 is 12.1. The molecule has 1 aromatic heterocycles. The van der Waals surface area contributed by atoms with E-state index in [1.165, 1.54) is 6.08 Å². The fraction of sp³-hybridized carbons (Fsp3) is 0.455. The molecule has 10 heteroatoms. The van der Waals surface area contributed by atoms with Crippen molar-refractivity contribution in [3.05, 3.63) is 60.3 Å². The van der Waals surface area contributed by atoms with Crippen LogP contribution in [0.3, 0.4) is 0 Å². The number of amides is 1. The average molecular weight is 582 g/mol. The molecule has 6 rings (SSSR count). The molecular formula is C33H39N7O3. The van der Waals surface area contributed by atoms with Crippen molar-refractivity contribution in [2.45, 2.75) is 44.3 Å². The zero-order chi connectivity index (χ0) is 29.9. The van der Waals surface area contributed by atoms with Gasteiger partial charge < -0.3 is 29.1 Å². The number of carbonyl (C=O) groups is 1. The van der Waals surface area contributed by atoms with Gasteiger partial charge in [0.15, 0.2) is 0 Å². The van der Waals surface area contributed by atoms with E-state index in [2.05, 4.69) is 58.7 Å². The molecule has 3 aromatic rings. The molecule has 3 aliphatic rings. The second-order valence-corrected chi connectivity index (χ2v) is 11.5. The highest BCUT2D eigenvalue weighted by Gasteiger charge is 2.34. The van der Waals surface area contributed by atoms with Crippen molar-refractivity contribution >= 4 is 28.2 Å². The molecule has 0 spiro atoms. The molecule has 43 heavy (non-hydrogen) atoms. The van der Waals surface area contributed by atoms with E-state index in [-0.39, 0.29) is 18.4 Å². The van der Waals surface area contributed by atoms with Gasteiger partial charge in [0.1, 0.15) is 18.2 Å². The maximum atomic E-state index is 12.5. The summed E-state index contributed by atoms with van der Waals surface area (Å²) in [4.78, 5) is 31.2. The van der Waals surface area contributed by atoms with Gasteiger partial charge in [-0.3, -0.25) is 4.79 Å². The number of benzene rings is 2. The highest BCUT2D eigenvalue weighted by Crippen LogP contribution is 2.38. The number of carbonyl (C=O) groups excluding carboxylic acids is 1. The van der Waals surface area contributed by atoms with Crippen molar-refractivity contribution in [2.24, 2.45) is 0 Å². The van der Waals surface area contributed by atoms with Gasteiger partial charge in [0.25, 0.3) is 0 Å². The molecule has 0 bridgehead atoms. The summed E-state index contributed by atoms with van der Waals surface area (Å²) in [6.45, 7) is 8.30. The Morgan fingerprint density at radius 3 is 2.70 bits per heavy atom. The fourth-order valence-corrected chi connectivity index (χ4v) is 6.74. The molecule has 0 aliphatic carbocycles. The maximum Gasteiger partial charge on any atom is 0.318 e. The van der Waals surface area contributed by atoms with Crippen molar-refractivity contribution in [1.82, 2.24) is 19.8 Å². The van der Waals surface area contributed by atoms with Crippen LogP contribution in [0.4, 0.5) is 11.5 Å². The van der Waals surface area contributed by atoms with Crippen molar-refractivity contribution in [3.8, 4) is 17.8 Å². The van der Waals surface area contributed by atoms with Crippen LogP contribution in [0.2, 0.25) is 0 Å². The molecule has 224 valence electrons. The number of likely N-dealkylation sites (tertiary alicyclic amines) is 1. The minimum atomic E-state index is -0.241. The number of aromatic nitrogens is 2. The van der Waals surface area contributed by atoms with Crippen molar-refractivity contribution in [1.29, 1.82) is 5.26 Å². The second kappa shape index (κ2) is 12.5. The lowest BCUT2D eigenvalue weighted by Crippen LogP contribution is -2.55. The van der Waals surface area contributed by atoms with E-state index in [1.807, 2.05) is 12.1 Å². The maximum absolute atomic E-state index is 12.5. The molecule has 3 aliphatic heterocycles. The van der Waals surface area contributed by atoms with Crippen LogP contribution in [-0.4, -0.2) is 91.2 Å². The Morgan fingerprint density at radius 2 is 1.95 bits per heavy atom. The zero-order valence-electron chi connectivity index (χ0n) is 25.0. The predicted molar refractivity (Wildman–Crippen MR) is 167 cm³/mol. The lowest BCUT2D eigenvalue weighted by Gasteiger charge is -2.42. The van der Waals surface area contributed by atoms with Crippen molar-refractivity contribution < 1.29 is 14.3 Å². The molecule has 2 saturated heterocycles. The average Bonchev–Trinajstić information content (AvgIpc) is 3.46. The number of nitrogens with zero attached hydrogens (tertiary/aromatic N) is 7. The number of likely N-dealkylation sites (N-methyl/N-ethyl adjacent to an activating group) is 1. The molecule has 1 amide bonds. The Labute approximate surface area is 253 Å². The van der Waals surface area contributed by atoms with Crippen molar-refractivity contribution in [2.75, 3.05) is 63.3 Å². The van der Waals surface area contributed by atoms with Gasteiger partial charge >= 0.3 is 6.01 Å². The van der Waals surface area contributed by atoms with Gasteiger partial charge in [-0.05, 0) is 56.4 Å². The van der Waals surface area contributed by atoms with Crippen LogP contribution in [0.5, 0.6) is 11.8 Å². The summed E-state index contributed by atoms with van der Waals surface area (Å²) in [5.41, 5.74) is 3.16. The third kappa shape index (κ3) is 5.69. The van der Waals surface area contributed by atoms with Crippen LogP contribution in [0.25, 0.3) is 10.8 Å². The first kappa shape index (κ1) is 28.7. The highest BCUT2D eigenvalue weighted by molar-refractivity contribution is 5.99.